The third-order valence-corrected chi connectivity index (χ3v) is 5.44. The Bertz CT molecular complexity index is 304. The maximum Gasteiger partial charge on any atom is 0.0884 e. The smallest absolute Gasteiger partial charge is 0.0884 e. The van der Waals surface area contributed by atoms with Gasteiger partial charge in [0.1, 0.15) is 0 Å². The van der Waals surface area contributed by atoms with Crippen LogP contribution in [0.5, 0.6) is 0 Å². The van der Waals surface area contributed by atoms with Crippen LogP contribution in [0, 0.1) is 0 Å². The van der Waals surface area contributed by atoms with Gasteiger partial charge in [-0.2, -0.15) is 0 Å². The fourth-order valence-corrected chi connectivity index (χ4v) is 3.73. The van der Waals surface area contributed by atoms with Crippen LogP contribution < -0.4 is 0 Å². The highest BCUT2D eigenvalue weighted by Gasteiger charge is 2.38. The molecular weight excluding hydrogens is 272 g/mol. The lowest BCUT2D eigenvalue weighted by Gasteiger charge is -2.47. The Hall–Kier alpha value is 0.190. The summed E-state index contributed by atoms with van der Waals surface area (Å²) in [5.74, 6) is 0. The Morgan fingerprint density at radius 3 is 2.60 bits per heavy atom. The van der Waals surface area contributed by atoms with Crippen molar-refractivity contribution in [2.24, 2.45) is 0 Å². The number of hydrogen-bond acceptors (Lipinski definition) is 5. The molecule has 0 spiro atoms. The maximum atomic E-state index is 6.26. The first-order chi connectivity index (χ1) is 9.52. The zero-order valence-electron chi connectivity index (χ0n) is 13.5. The van der Waals surface area contributed by atoms with E-state index in [1.54, 1.807) is 0 Å². The SMILES string of the molecule is CSC(C)N1CCOCC1C1CN(C(C)C)CC(C)O1. The molecule has 2 aliphatic rings. The van der Waals surface area contributed by atoms with Gasteiger partial charge in [0.2, 0.25) is 0 Å². The van der Waals surface area contributed by atoms with Gasteiger partial charge in [0.25, 0.3) is 0 Å². The van der Waals surface area contributed by atoms with Gasteiger partial charge in [-0.15, -0.1) is 11.8 Å². The van der Waals surface area contributed by atoms with Crippen LogP contribution in [-0.2, 0) is 9.47 Å². The van der Waals surface area contributed by atoms with E-state index in [0.29, 0.717) is 23.6 Å². The molecule has 118 valence electrons. The minimum absolute atomic E-state index is 0.260. The molecule has 0 aromatic rings. The summed E-state index contributed by atoms with van der Waals surface area (Å²) in [4.78, 5) is 5.10. The highest BCUT2D eigenvalue weighted by molar-refractivity contribution is 7.99. The van der Waals surface area contributed by atoms with Crippen molar-refractivity contribution < 1.29 is 9.47 Å². The van der Waals surface area contributed by atoms with E-state index >= 15 is 0 Å². The van der Waals surface area contributed by atoms with Gasteiger partial charge >= 0.3 is 0 Å². The molecule has 0 amide bonds. The van der Waals surface area contributed by atoms with Crippen molar-refractivity contribution in [2.75, 3.05) is 39.1 Å². The molecule has 0 aliphatic carbocycles. The van der Waals surface area contributed by atoms with E-state index in [-0.39, 0.29) is 6.10 Å². The molecule has 0 saturated carbocycles. The van der Waals surface area contributed by atoms with Crippen LogP contribution in [0.4, 0.5) is 0 Å². The van der Waals surface area contributed by atoms with Gasteiger partial charge in [-0.05, 0) is 34.0 Å². The predicted molar refractivity (Wildman–Crippen MR) is 85.3 cm³/mol. The first kappa shape index (κ1) is 16.6. The first-order valence-corrected chi connectivity index (χ1v) is 9.07. The number of hydrogen-bond donors (Lipinski definition) is 0. The quantitative estimate of drug-likeness (QED) is 0.790. The summed E-state index contributed by atoms with van der Waals surface area (Å²) in [7, 11) is 0. The Kier molecular flexibility index (Phi) is 6.17. The monoisotopic (exact) mass is 302 g/mol. The van der Waals surface area contributed by atoms with E-state index in [4.69, 9.17) is 9.47 Å². The Morgan fingerprint density at radius 1 is 1.20 bits per heavy atom. The topological polar surface area (TPSA) is 24.9 Å². The van der Waals surface area contributed by atoms with Gasteiger partial charge < -0.3 is 9.47 Å². The number of nitrogens with zero attached hydrogens (tertiary/aromatic N) is 2. The van der Waals surface area contributed by atoms with E-state index in [2.05, 4.69) is 43.8 Å². The van der Waals surface area contributed by atoms with Crippen molar-refractivity contribution in [3.63, 3.8) is 0 Å². The zero-order valence-corrected chi connectivity index (χ0v) is 14.4. The molecule has 2 saturated heterocycles. The second kappa shape index (κ2) is 7.45. The molecule has 4 atom stereocenters. The molecular formula is C15H30N2O2S. The van der Waals surface area contributed by atoms with Gasteiger partial charge in [0.05, 0.1) is 36.8 Å². The number of thioether (sulfide) groups is 1. The summed E-state index contributed by atoms with van der Waals surface area (Å²) in [5.41, 5.74) is 0. The summed E-state index contributed by atoms with van der Waals surface area (Å²) in [6.07, 6.45) is 2.75. The van der Waals surface area contributed by atoms with E-state index in [1.165, 1.54) is 0 Å². The fraction of sp³-hybridized carbons (Fsp3) is 1.00. The molecule has 2 heterocycles. The van der Waals surface area contributed by atoms with Gasteiger partial charge in [-0.25, -0.2) is 0 Å². The molecule has 0 radical (unpaired) electrons. The molecule has 2 rings (SSSR count). The van der Waals surface area contributed by atoms with Gasteiger partial charge in [-0.1, -0.05) is 0 Å². The van der Waals surface area contributed by atoms with Crippen molar-refractivity contribution in [2.45, 2.75) is 57.4 Å². The van der Waals surface area contributed by atoms with Gasteiger partial charge in [-0.3, -0.25) is 9.80 Å². The molecule has 20 heavy (non-hydrogen) atoms. The lowest BCUT2D eigenvalue weighted by atomic mass is 10.0. The summed E-state index contributed by atoms with van der Waals surface area (Å²) < 4.78 is 12.0. The fourth-order valence-electron chi connectivity index (χ4n) is 3.20. The summed E-state index contributed by atoms with van der Waals surface area (Å²) in [6.45, 7) is 13.7. The second-order valence-corrected chi connectivity index (χ2v) is 7.40. The molecule has 4 nitrogen and oxygen atoms in total. The van der Waals surface area contributed by atoms with Crippen LogP contribution in [-0.4, -0.2) is 78.6 Å². The predicted octanol–water partition coefficient (Wildman–Crippen LogP) is 1.89. The van der Waals surface area contributed by atoms with Crippen molar-refractivity contribution in [1.82, 2.24) is 9.80 Å². The number of ether oxygens (including phenoxy) is 2. The first-order valence-electron chi connectivity index (χ1n) is 7.78. The molecule has 5 heteroatoms. The van der Waals surface area contributed by atoms with Crippen LogP contribution in [0.1, 0.15) is 27.7 Å². The molecule has 0 aromatic carbocycles. The maximum absolute atomic E-state index is 6.26. The Balaban J connectivity index is 2.06. The highest BCUT2D eigenvalue weighted by atomic mass is 32.2. The van der Waals surface area contributed by atoms with Gasteiger partial charge in [0.15, 0.2) is 0 Å². The molecule has 0 N–H and O–H groups in total. The third-order valence-electron chi connectivity index (χ3n) is 4.49. The van der Waals surface area contributed by atoms with Gasteiger partial charge in [0, 0.05) is 25.7 Å². The molecule has 2 fully saturated rings. The molecule has 0 aromatic heterocycles. The highest BCUT2D eigenvalue weighted by Crippen LogP contribution is 2.25. The average molecular weight is 302 g/mol. The second-order valence-electron chi connectivity index (χ2n) is 6.25. The average Bonchev–Trinajstić information content (AvgIpc) is 2.45. The largest absolute Gasteiger partial charge is 0.378 e. The van der Waals surface area contributed by atoms with Crippen molar-refractivity contribution in [3.8, 4) is 0 Å². The van der Waals surface area contributed by atoms with E-state index in [1.807, 2.05) is 11.8 Å². The lowest BCUT2D eigenvalue weighted by molar-refractivity contribution is -0.145. The normalized spacial score (nSPS) is 35.4. The molecule has 4 unspecified atom stereocenters. The Labute approximate surface area is 128 Å². The van der Waals surface area contributed by atoms with Crippen LogP contribution in [0.15, 0.2) is 0 Å². The van der Waals surface area contributed by atoms with Crippen molar-refractivity contribution >= 4 is 11.8 Å². The van der Waals surface area contributed by atoms with Crippen molar-refractivity contribution in [1.29, 1.82) is 0 Å². The van der Waals surface area contributed by atoms with E-state index in [0.717, 1.165) is 32.8 Å². The number of morpholine rings is 2. The van der Waals surface area contributed by atoms with Crippen LogP contribution in [0.25, 0.3) is 0 Å². The third kappa shape index (κ3) is 3.89. The summed E-state index contributed by atoms with van der Waals surface area (Å²) in [6, 6.07) is 0.968. The summed E-state index contributed by atoms with van der Waals surface area (Å²) >= 11 is 1.91. The Morgan fingerprint density at radius 2 is 1.95 bits per heavy atom. The molecule has 2 aliphatic heterocycles. The van der Waals surface area contributed by atoms with E-state index < -0.39 is 0 Å². The summed E-state index contributed by atoms with van der Waals surface area (Å²) in [5, 5.41) is 0.525. The van der Waals surface area contributed by atoms with Crippen LogP contribution in [0.3, 0.4) is 0 Å². The minimum Gasteiger partial charge on any atom is -0.378 e. The van der Waals surface area contributed by atoms with Crippen LogP contribution >= 0.6 is 11.8 Å². The standard InChI is InChI=1S/C15H30N2O2S/c1-11(2)16-8-12(3)19-15(9-16)14-10-18-7-6-17(14)13(4)20-5/h11-15H,6-10H2,1-5H3. The molecule has 0 bridgehead atoms. The minimum atomic E-state index is 0.260. The van der Waals surface area contributed by atoms with Crippen molar-refractivity contribution in [3.05, 3.63) is 0 Å². The number of rotatable bonds is 4. The zero-order chi connectivity index (χ0) is 14.7. The van der Waals surface area contributed by atoms with Crippen LogP contribution in [0.2, 0.25) is 0 Å². The van der Waals surface area contributed by atoms with E-state index in [9.17, 15) is 0 Å². The lowest BCUT2D eigenvalue weighted by Crippen LogP contribution is -2.61.